The van der Waals surface area contributed by atoms with Crippen LogP contribution in [0.25, 0.3) is 0 Å². The second-order valence-corrected chi connectivity index (χ2v) is 3.84. The summed E-state index contributed by atoms with van der Waals surface area (Å²) in [7, 11) is 0. The molecule has 0 amide bonds. The van der Waals surface area contributed by atoms with Crippen LogP contribution in [0.4, 0.5) is 0 Å². The molecular weight excluding hydrogens is 236 g/mol. The van der Waals surface area contributed by atoms with Crippen LogP contribution in [-0.2, 0) is 11.2 Å². The molecular formula is C11H14N4O3. The molecule has 1 aromatic heterocycles. The van der Waals surface area contributed by atoms with Gasteiger partial charge in [0.1, 0.15) is 5.82 Å². The quantitative estimate of drug-likeness (QED) is 0.266. The molecule has 0 bridgehead atoms. The van der Waals surface area contributed by atoms with E-state index in [4.69, 9.17) is 9.94 Å². The molecule has 1 aliphatic rings. The lowest BCUT2D eigenvalue weighted by Gasteiger charge is -2.28. The third kappa shape index (κ3) is 3.01. The highest BCUT2D eigenvalue weighted by Gasteiger charge is 2.17. The van der Waals surface area contributed by atoms with Gasteiger partial charge in [-0.05, 0) is 0 Å². The molecule has 7 heteroatoms. The zero-order valence-electron chi connectivity index (χ0n) is 9.82. The third-order valence-electron chi connectivity index (χ3n) is 2.67. The largest absolute Gasteiger partial charge is 0.409 e. The van der Waals surface area contributed by atoms with Crippen LogP contribution in [0.1, 0.15) is 16.2 Å². The lowest BCUT2D eigenvalue weighted by molar-refractivity contribution is 0.0657. The maximum atomic E-state index is 10.5. The Bertz CT molecular complexity index is 426. The zero-order valence-corrected chi connectivity index (χ0v) is 9.82. The second-order valence-electron chi connectivity index (χ2n) is 3.84. The number of hydrogen-bond donors (Lipinski definition) is 1. The number of carbonyl (C=O) groups is 1. The first-order valence-corrected chi connectivity index (χ1v) is 5.63. The van der Waals surface area contributed by atoms with Gasteiger partial charge in [0.05, 0.1) is 25.2 Å². The Kier molecular flexibility index (Phi) is 4.19. The van der Waals surface area contributed by atoms with Gasteiger partial charge in [0.25, 0.3) is 0 Å². The molecule has 1 aliphatic heterocycles. The number of aldehydes is 1. The van der Waals surface area contributed by atoms with Crippen LogP contribution in [0.5, 0.6) is 0 Å². The summed E-state index contributed by atoms with van der Waals surface area (Å²) in [4.78, 5) is 20.5. The van der Waals surface area contributed by atoms with Gasteiger partial charge in [-0.25, -0.2) is 9.97 Å². The van der Waals surface area contributed by atoms with Gasteiger partial charge in [0.2, 0.25) is 0 Å². The van der Waals surface area contributed by atoms with Crippen molar-refractivity contribution in [3.05, 3.63) is 23.8 Å². The monoisotopic (exact) mass is 250 g/mol. The molecule has 0 saturated carbocycles. The highest BCUT2D eigenvalue weighted by atomic mass is 16.5. The van der Waals surface area contributed by atoms with Crippen molar-refractivity contribution in [1.29, 1.82) is 0 Å². The van der Waals surface area contributed by atoms with Gasteiger partial charge in [0, 0.05) is 25.5 Å². The number of morpholine rings is 1. The molecule has 1 saturated heterocycles. The van der Waals surface area contributed by atoms with E-state index in [0.29, 0.717) is 56.2 Å². The Hall–Kier alpha value is -2.02. The fraction of sp³-hybridized carbons (Fsp3) is 0.455. The molecule has 7 nitrogen and oxygen atoms in total. The van der Waals surface area contributed by atoms with E-state index in [1.165, 1.54) is 12.4 Å². The molecule has 1 fully saturated rings. The van der Waals surface area contributed by atoms with Crippen LogP contribution in [0.2, 0.25) is 0 Å². The van der Waals surface area contributed by atoms with E-state index in [1.54, 1.807) is 0 Å². The standard InChI is InChI=1S/C11H14N4O3/c16-8-9-6-12-10(13-7-9)5-11(14-17)15-1-3-18-4-2-15/h6-8,17H,1-5H2. The maximum Gasteiger partial charge on any atom is 0.153 e. The molecule has 1 N–H and O–H groups in total. The smallest absolute Gasteiger partial charge is 0.153 e. The summed E-state index contributed by atoms with van der Waals surface area (Å²) in [5, 5.41) is 12.3. The molecule has 18 heavy (non-hydrogen) atoms. The lowest BCUT2D eigenvalue weighted by Crippen LogP contribution is -2.41. The molecule has 1 aromatic rings. The van der Waals surface area contributed by atoms with E-state index in [0.717, 1.165) is 0 Å². The number of oxime groups is 1. The van der Waals surface area contributed by atoms with Gasteiger partial charge < -0.3 is 14.8 Å². The summed E-state index contributed by atoms with van der Waals surface area (Å²) >= 11 is 0. The van der Waals surface area contributed by atoms with Crippen molar-refractivity contribution in [2.45, 2.75) is 6.42 Å². The minimum Gasteiger partial charge on any atom is -0.409 e. The zero-order chi connectivity index (χ0) is 12.8. The first-order chi connectivity index (χ1) is 8.83. The molecule has 0 spiro atoms. The number of nitrogens with zero attached hydrogens (tertiary/aromatic N) is 4. The number of amidine groups is 1. The number of carbonyl (C=O) groups excluding carboxylic acids is 1. The van der Waals surface area contributed by atoms with Crippen molar-refractivity contribution in [3.63, 3.8) is 0 Å². The molecule has 2 heterocycles. The summed E-state index contributed by atoms with van der Waals surface area (Å²) in [6, 6.07) is 0. The van der Waals surface area contributed by atoms with Crippen molar-refractivity contribution >= 4 is 12.1 Å². The summed E-state index contributed by atoms with van der Waals surface area (Å²) in [5.41, 5.74) is 0.424. The van der Waals surface area contributed by atoms with E-state index in [2.05, 4.69) is 15.1 Å². The SMILES string of the molecule is O=Cc1cnc(CC(=NO)N2CCOCC2)nc1. The first kappa shape index (κ1) is 12.4. The second kappa shape index (κ2) is 6.06. The molecule has 0 aliphatic carbocycles. The molecule has 0 aromatic carbocycles. The van der Waals surface area contributed by atoms with Gasteiger partial charge in [-0.2, -0.15) is 0 Å². The van der Waals surface area contributed by atoms with Crippen molar-refractivity contribution < 1.29 is 14.7 Å². The van der Waals surface area contributed by atoms with Crippen LogP contribution >= 0.6 is 0 Å². The van der Waals surface area contributed by atoms with Crippen molar-refractivity contribution in [1.82, 2.24) is 14.9 Å². The van der Waals surface area contributed by atoms with Crippen LogP contribution < -0.4 is 0 Å². The number of aromatic nitrogens is 2. The van der Waals surface area contributed by atoms with E-state index >= 15 is 0 Å². The van der Waals surface area contributed by atoms with Crippen molar-refractivity contribution in [2.75, 3.05) is 26.3 Å². The van der Waals surface area contributed by atoms with Crippen LogP contribution in [0, 0.1) is 0 Å². The molecule has 2 rings (SSSR count). The number of ether oxygens (including phenoxy) is 1. The number of rotatable bonds is 3. The van der Waals surface area contributed by atoms with Crippen LogP contribution in [-0.4, -0.2) is 58.5 Å². The highest BCUT2D eigenvalue weighted by molar-refractivity contribution is 5.83. The van der Waals surface area contributed by atoms with Crippen molar-refractivity contribution in [2.24, 2.45) is 5.16 Å². The molecule has 0 atom stereocenters. The van der Waals surface area contributed by atoms with E-state index in [9.17, 15) is 4.79 Å². The van der Waals surface area contributed by atoms with E-state index in [1.807, 2.05) is 4.90 Å². The molecule has 0 unspecified atom stereocenters. The molecule has 0 radical (unpaired) electrons. The average molecular weight is 250 g/mol. The Morgan fingerprint density at radius 1 is 1.44 bits per heavy atom. The van der Waals surface area contributed by atoms with Crippen molar-refractivity contribution in [3.8, 4) is 0 Å². The number of hydrogen-bond acceptors (Lipinski definition) is 6. The Morgan fingerprint density at radius 2 is 2.11 bits per heavy atom. The fourth-order valence-corrected chi connectivity index (χ4v) is 1.69. The van der Waals surface area contributed by atoms with Gasteiger partial charge in [-0.3, -0.25) is 4.79 Å². The Labute approximate surface area is 104 Å². The van der Waals surface area contributed by atoms with Gasteiger partial charge >= 0.3 is 0 Å². The highest BCUT2D eigenvalue weighted by Crippen LogP contribution is 2.03. The Balaban J connectivity index is 2.02. The maximum absolute atomic E-state index is 10.5. The van der Waals surface area contributed by atoms with E-state index < -0.39 is 0 Å². The average Bonchev–Trinajstić information content (AvgIpc) is 2.46. The minimum atomic E-state index is 0.329. The predicted molar refractivity (Wildman–Crippen MR) is 62.7 cm³/mol. The van der Waals surface area contributed by atoms with Crippen LogP contribution in [0.3, 0.4) is 0 Å². The third-order valence-corrected chi connectivity index (χ3v) is 2.67. The lowest BCUT2D eigenvalue weighted by atomic mass is 10.3. The molecule has 96 valence electrons. The van der Waals surface area contributed by atoms with Gasteiger partial charge in [-0.1, -0.05) is 5.16 Å². The summed E-state index contributed by atoms with van der Waals surface area (Å²) in [6.07, 6.45) is 3.91. The first-order valence-electron chi connectivity index (χ1n) is 5.63. The predicted octanol–water partition coefficient (Wildman–Crippen LogP) is -0.0485. The normalized spacial score (nSPS) is 16.7. The topological polar surface area (TPSA) is 87.9 Å². The fourth-order valence-electron chi connectivity index (χ4n) is 1.69. The van der Waals surface area contributed by atoms with Gasteiger partial charge in [-0.15, -0.1) is 0 Å². The van der Waals surface area contributed by atoms with Crippen LogP contribution in [0.15, 0.2) is 17.5 Å². The van der Waals surface area contributed by atoms with Gasteiger partial charge in [0.15, 0.2) is 12.1 Å². The summed E-state index contributed by atoms with van der Waals surface area (Å²) in [5.74, 6) is 1.03. The Morgan fingerprint density at radius 3 is 2.67 bits per heavy atom. The summed E-state index contributed by atoms with van der Waals surface area (Å²) in [6.45, 7) is 2.60. The summed E-state index contributed by atoms with van der Waals surface area (Å²) < 4.78 is 5.23. The van der Waals surface area contributed by atoms with E-state index in [-0.39, 0.29) is 0 Å². The minimum absolute atomic E-state index is 0.329.